The van der Waals surface area contributed by atoms with Crippen LogP contribution >= 0.6 is 22.9 Å². The van der Waals surface area contributed by atoms with Gasteiger partial charge < -0.3 is 10.1 Å². The van der Waals surface area contributed by atoms with E-state index in [9.17, 15) is 10.1 Å². The summed E-state index contributed by atoms with van der Waals surface area (Å²) in [5.41, 5.74) is 0.0471. The van der Waals surface area contributed by atoms with Crippen molar-refractivity contribution in [1.29, 1.82) is 5.26 Å². The van der Waals surface area contributed by atoms with Crippen LogP contribution in [0.5, 0.6) is 0 Å². The van der Waals surface area contributed by atoms with Crippen LogP contribution in [0.1, 0.15) is 11.3 Å². The van der Waals surface area contributed by atoms with E-state index in [1.165, 1.54) is 11.3 Å². The highest BCUT2D eigenvalue weighted by atomic mass is 35.5. The number of benzene rings is 1. The fourth-order valence-electron chi connectivity index (χ4n) is 1.92. The molecule has 22 heavy (non-hydrogen) atoms. The normalized spacial score (nSPS) is 11.4. The Balaban J connectivity index is 2.18. The van der Waals surface area contributed by atoms with Crippen LogP contribution in [0.25, 0.3) is 16.2 Å². The summed E-state index contributed by atoms with van der Waals surface area (Å²) in [6.45, 7) is 1.03. The maximum absolute atomic E-state index is 12.0. The molecule has 0 saturated carbocycles. The highest BCUT2D eigenvalue weighted by molar-refractivity contribution is 7.20. The molecule has 0 spiro atoms. The number of hydrogen-bond acceptors (Lipinski definition) is 4. The number of methoxy groups -OCH3 is 1. The lowest BCUT2D eigenvalue weighted by Crippen LogP contribution is -2.26. The van der Waals surface area contributed by atoms with Gasteiger partial charge in [0, 0.05) is 35.2 Å². The number of ether oxygens (including phenoxy) is 1. The number of amides is 1. The fraction of sp³-hybridized carbons (Fsp3) is 0.250. The third-order valence-corrected chi connectivity index (χ3v) is 4.65. The maximum atomic E-state index is 12.0. The number of thiophene rings is 1. The minimum atomic E-state index is -0.396. The highest BCUT2D eigenvalue weighted by Crippen LogP contribution is 2.36. The summed E-state index contributed by atoms with van der Waals surface area (Å²) in [4.78, 5) is 12.7. The third-order valence-electron chi connectivity index (χ3n) is 3.01. The zero-order valence-corrected chi connectivity index (χ0v) is 13.6. The molecule has 0 aliphatic heterocycles. The van der Waals surface area contributed by atoms with Crippen LogP contribution in [0.4, 0.5) is 0 Å². The van der Waals surface area contributed by atoms with E-state index in [2.05, 4.69) is 5.32 Å². The van der Waals surface area contributed by atoms with Crippen LogP contribution in [0.15, 0.2) is 29.8 Å². The standard InChI is InChI=1S/C16H15ClN2O2S/c1-21-8-4-7-19-16(20)11(10-18)9-14-15(17)12-5-2-3-6-13(12)22-14/h2-3,5-6,9H,4,7-8H2,1H3,(H,19,20). The van der Waals surface area contributed by atoms with Gasteiger partial charge in [0.15, 0.2) is 0 Å². The van der Waals surface area contributed by atoms with E-state index >= 15 is 0 Å². The zero-order valence-electron chi connectivity index (χ0n) is 12.1. The predicted molar refractivity (Wildman–Crippen MR) is 89.9 cm³/mol. The lowest BCUT2D eigenvalue weighted by atomic mass is 10.2. The van der Waals surface area contributed by atoms with E-state index in [1.807, 2.05) is 30.3 Å². The Morgan fingerprint density at radius 2 is 2.27 bits per heavy atom. The minimum absolute atomic E-state index is 0.0471. The van der Waals surface area contributed by atoms with Crippen LogP contribution < -0.4 is 5.32 Å². The van der Waals surface area contributed by atoms with Crippen molar-refractivity contribution >= 4 is 45.0 Å². The zero-order chi connectivity index (χ0) is 15.9. The van der Waals surface area contributed by atoms with E-state index in [1.54, 1.807) is 13.2 Å². The van der Waals surface area contributed by atoms with Gasteiger partial charge in [-0.15, -0.1) is 11.3 Å². The molecule has 2 rings (SSSR count). The number of nitrogens with zero attached hydrogens (tertiary/aromatic N) is 1. The Kier molecular flexibility index (Phi) is 5.96. The second kappa shape index (κ2) is 7.95. The number of hydrogen-bond donors (Lipinski definition) is 1. The number of rotatable bonds is 6. The molecule has 0 unspecified atom stereocenters. The number of nitrogens with one attached hydrogen (secondary N) is 1. The molecule has 1 aromatic heterocycles. The summed E-state index contributed by atoms with van der Waals surface area (Å²) in [5.74, 6) is -0.396. The molecule has 0 aliphatic rings. The molecule has 2 aromatic rings. The van der Waals surface area contributed by atoms with Gasteiger partial charge in [0.1, 0.15) is 11.6 Å². The molecule has 1 aromatic carbocycles. The Morgan fingerprint density at radius 3 is 2.95 bits per heavy atom. The molecule has 6 heteroatoms. The lowest BCUT2D eigenvalue weighted by Gasteiger charge is -2.03. The number of halogens is 1. The first-order chi connectivity index (χ1) is 10.7. The highest BCUT2D eigenvalue weighted by Gasteiger charge is 2.13. The largest absolute Gasteiger partial charge is 0.385 e. The molecule has 4 nitrogen and oxygen atoms in total. The molecular formula is C16H15ClN2O2S. The summed E-state index contributed by atoms with van der Waals surface area (Å²) in [6.07, 6.45) is 2.24. The Morgan fingerprint density at radius 1 is 1.50 bits per heavy atom. The van der Waals surface area contributed by atoms with Gasteiger partial charge in [0.05, 0.1) is 5.02 Å². The van der Waals surface area contributed by atoms with Crippen molar-refractivity contribution in [3.63, 3.8) is 0 Å². The molecule has 114 valence electrons. The van der Waals surface area contributed by atoms with Crippen molar-refractivity contribution < 1.29 is 9.53 Å². The Hall–Kier alpha value is -1.87. The fourth-order valence-corrected chi connectivity index (χ4v) is 3.35. The molecule has 1 heterocycles. The summed E-state index contributed by atoms with van der Waals surface area (Å²) >= 11 is 7.77. The molecule has 1 amide bonds. The second-order valence-corrected chi connectivity index (χ2v) is 6.01. The smallest absolute Gasteiger partial charge is 0.261 e. The van der Waals surface area contributed by atoms with Crippen LogP contribution in [0.3, 0.4) is 0 Å². The van der Waals surface area contributed by atoms with Crippen LogP contribution in [0, 0.1) is 11.3 Å². The van der Waals surface area contributed by atoms with Crippen molar-refractivity contribution in [1.82, 2.24) is 5.32 Å². The van der Waals surface area contributed by atoms with Gasteiger partial charge in [-0.25, -0.2) is 0 Å². The Bertz CT molecular complexity index is 746. The van der Waals surface area contributed by atoms with Crippen LogP contribution in [-0.2, 0) is 9.53 Å². The lowest BCUT2D eigenvalue weighted by molar-refractivity contribution is -0.117. The van der Waals surface area contributed by atoms with Crippen LogP contribution in [-0.4, -0.2) is 26.2 Å². The number of carbonyl (C=O) groups is 1. The van der Waals surface area contributed by atoms with Gasteiger partial charge in [0.25, 0.3) is 5.91 Å². The Labute approximate surface area is 138 Å². The van der Waals surface area contributed by atoms with Gasteiger partial charge in [0.2, 0.25) is 0 Å². The van der Waals surface area contributed by atoms with Gasteiger partial charge in [-0.3, -0.25) is 4.79 Å². The van der Waals surface area contributed by atoms with E-state index in [-0.39, 0.29) is 5.57 Å². The monoisotopic (exact) mass is 334 g/mol. The molecule has 0 aliphatic carbocycles. The number of carbonyl (C=O) groups excluding carboxylic acids is 1. The molecular weight excluding hydrogens is 320 g/mol. The molecule has 1 N–H and O–H groups in total. The molecule has 0 bridgehead atoms. The van der Waals surface area contributed by atoms with Gasteiger partial charge in [-0.05, 0) is 18.6 Å². The van der Waals surface area contributed by atoms with E-state index < -0.39 is 5.91 Å². The first kappa shape index (κ1) is 16.5. The third kappa shape index (κ3) is 3.86. The molecule has 0 radical (unpaired) electrons. The summed E-state index contributed by atoms with van der Waals surface area (Å²) in [5, 5.41) is 13.4. The quantitative estimate of drug-likeness (QED) is 0.498. The van der Waals surface area contributed by atoms with Crippen LogP contribution in [0.2, 0.25) is 5.02 Å². The van der Waals surface area contributed by atoms with Gasteiger partial charge in [-0.2, -0.15) is 5.26 Å². The second-order valence-electron chi connectivity index (χ2n) is 4.55. The SMILES string of the molecule is COCCCNC(=O)C(C#N)=Cc1sc2ccccc2c1Cl. The average molecular weight is 335 g/mol. The number of fused-ring (bicyclic) bond motifs is 1. The first-order valence-electron chi connectivity index (χ1n) is 6.73. The van der Waals surface area contributed by atoms with Crippen molar-refractivity contribution in [2.45, 2.75) is 6.42 Å². The van der Waals surface area contributed by atoms with E-state index in [0.29, 0.717) is 29.5 Å². The van der Waals surface area contributed by atoms with Crippen molar-refractivity contribution in [3.05, 3.63) is 39.7 Å². The molecule has 0 saturated heterocycles. The van der Waals surface area contributed by atoms with Gasteiger partial charge in [-0.1, -0.05) is 29.8 Å². The summed E-state index contributed by atoms with van der Waals surface area (Å²) in [6, 6.07) is 9.64. The predicted octanol–water partition coefficient (Wildman–Crippen LogP) is 3.61. The molecule has 0 atom stereocenters. The number of nitriles is 1. The summed E-state index contributed by atoms with van der Waals surface area (Å²) < 4.78 is 5.93. The van der Waals surface area contributed by atoms with Gasteiger partial charge >= 0.3 is 0 Å². The van der Waals surface area contributed by atoms with E-state index in [4.69, 9.17) is 16.3 Å². The summed E-state index contributed by atoms with van der Waals surface area (Å²) in [7, 11) is 1.60. The topological polar surface area (TPSA) is 62.1 Å². The van der Waals surface area contributed by atoms with Crippen molar-refractivity contribution in [2.75, 3.05) is 20.3 Å². The van der Waals surface area contributed by atoms with Crippen molar-refractivity contribution in [3.8, 4) is 6.07 Å². The molecule has 0 fully saturated rings. The average Bonchev–Trinajstić information content (AvgIpc) is 2.85. The minimum Gasteiger partial charge on any atom is -0.385 e. The van der Waals surface area contributed by atoms with Crippen molar-refractivity contribution in [2.24, 2.45) is 0 Å². The maximum Gasteiger partial charge on any atom is 0.261 e. The first-order valence-corrected chi connectivity index (χ1v) is 7.92. The van der Waals surface area contributed by atoms with E-state index in [0.717, 1.165) is 10.1 Å².